The number of nitrogens with two attached hydrogens (primary N) is 2. The summed E-state index contributed by atoms with van der Waals surface area (Å²) in [6.45, 7) is 1.85. The average molecular weight is 231 g/mol. The number of carbonyl (C=O) groups excluding carboxylic acids is 2. The molecule has 0 aliphatic heterocycles. The molecule has 2 atom stereocenters. The van der Waals surface area contributed by atoms with Crippen LogP contribution >= 0.6 is 0 Å². The number of aliphatic carboxylic acids is 1. The van der Waals surface area contributed by atoms with Crippen molar-refractivity contribution in [3.63, 3.8) is 0 Å². The van der Waals surface area contributed by atoms with Gasteiger partial charge in [-0.1, -0.05) is 13.3 Å². The molecule has 1 unspecified atom stereocenters. The van der Waals surface area contributed by atoms with Crippen molar-refractivity contribution in [3.8, 4) is 0 Å². The van der Waals surface area contributed by atoms with Crippen molar-refractivity contribution < 1.29 is 19.5 Å². The maximum absolute atomic E-state index is 11.4. The van der Waals surface area contributed by atoms with Crippen LogP contribution in [0.2, 0.25) is 0 Å². The van der Waals surface area contributed by atoms with Gasteiger partial charge in [0.05, 0.1) is 12.5 Å². The van der Waals surface area contributed by atoms with Gasteiger partial charge in [-0.3, -0.25) is 9.59 Å². The smallest absolute Gasteiger partial charge is 0.326 e. The Morgan fingerprint density at radius 2 is 1.94 bits per heavy atom. The summed E-state index contributed by atoms with van der Waals surface area (Å²) in [6, 6.07) is -2.08. The Morgan fingerprint density at radius 3 is 2.31 bits per heavy atom. The van der Waals surface area contributed by atoms with Crippen molar-refractivity contribution in [1.82, 2.24) is 5.32 Å². The number of carboxylic acid groups (broad SMARTS) is 1. The number of rotatable bonds is 7. The van der Waals surface area contributed by atoms with Crippen LogP contribution in [0.3, 0.4) is 0 Å². The third kappa shape index (κ3) is 5.30. The molecule has 0 saturated heterocycles. The molecule has 0 saturated carbocycles. The summed E-state index contributed by atoms with van der Waals surface area (Å²) < 4.78 is 0. The molecule has 0 aromatic heterocycles. The Labute approximate surface area is 93.2 Å². The predicted molar refractivity (Wildman–Crippen MR) is 56.3 cm³/mol. The predicted octanol–water partition coefficient (Wildman–Crippen LogP) is -1.44. The molecule has 0 rings (SSSR count). The molecule has 92 valence electrons. The fourth-order valence-electron chi connectivity index (χ4n) is 1.12. The Morgan fingerprint density at radius 1 is 1.38 bits per heavy atom. The van der Waals surface area contributed by atoms with Crippen LogP contribution in [-0.4, -0.2) is 35.0 Å². The van der Waals surface area contributed by atoms with Gasteiger partial charge in [0.15, 0.2) is 0 Å². The lowest BCUT2D eigenvalue weighted by Crippen LogP contribution is -2.49. The lowest BCUT2D eigenvalue weighted by atomic mass is 10.1. The highest BCUT2D eigenvalue weighted by molar-refractivity contribution is 5.89. The van der Waals surface area contributed by atoms with E-state index < -0.39 is 36.3 Å². The van der Waals surface area contributed by atoms with Gasteiger partial charge in [0.25, 0.3) is 0 Å². The van der Waals surface area contributed by atoms with Gasteiger partial charge in [-0.25, -0.2) is 4.79 Å². The van der Waals surface area contributed by atoms with Gasteiger partial charge >= 0.3 is 5.97 Å². The fraction of sp³-hybridized carbons (Fsp3) is 0.667. The lowest BCUT2D eigenvalue weighted by Gasteiger charge is -2.16. The fourth-order valence-corrected chi connectivity index (χ4v) is 1.12. The quantitative estimate of drug-likeness (QED) is 0.425. The number of carboxylic acids is 1. The van der Waals surface area contributed by atoms with E-state index >= 15 is 0 Å². The third-order valence-electron chi connectivity index (χ3n) is 1.96. The van der Waals surface area contributed by atoms with Crippen molar-refractivity contribution in [3.05, 3.63) is 0 Å². The molecule has 0 aromatic rings. The second kappa shape index (κ2) is 6.78. The Bertz CT molecular complexity index is 280. The average Bonchev–Trinajstić information content (AvgIpc) is 2.16. The number of carbonyl (C=O) groups is 3. The second-order valence-electron chi connectivity index (χ2n) is 3.47. The highest BCUT2D eigenvalue weighted by Gasteiger charge is 2.24. The molecule has 7 heteroatoms. The van der Waals surface area contributed by atoms with Gasteiger partial charge in [0, 0.05) is 0 Å². The highest BCUT2D eigenvalue weighted by atomic mass is 16.4. The molecule has 0 bridgehead atoms. The first-order valence-electron chi connectivity index (χ1n) is 4.95. The molecule has 6 N–H and O–H groups in total. The van der Waals surface area contributed by atoms with E-state index in [2.05, 4.69) is 5.32 Å². The maximum Gasteiger partial charge on any atom is 0.326 e. The van der Waals surface area contributed by atoms with E-state index in [-0.39, 0.29) is 0 Å². The van der Waals surface area contributed by atoms with Crippen LogP contribution in [-0.2, 0) is 14.4 Å². The highest BCUT2D eigenvalue weighted by Crippen LogP contribution is 1.97. The first-order chi connectivity index (χ1) is 7.38. The Kier molecular flexibility index (Phi) is 6.09. The van der Waals surface area contributed by atoms with Crippen LogP contribution in [0.15, 0.2) is 0 Å². The van der Waals surface area contributed by atoms with Gasteiger partial charge in [0.2, 0.25) is 11.8 Å². The lowest BCUT2D eigenvalue weighted by molar-refractivity contribution is -0.143. The van der Waals surface area contributed by atoms with Crippen LogP contribution in [0.4, 0.5) is 0 Å². The molecular formula is C9H17N3O4. The van der Waals surface area contributed by atoms with E-state index in [1.54, 1.807) is 0 Å². The summed E-state index contributed by atoms with van der Waals surface area (Å²) in [6.07, 6.45) is 0.719. The summed E-state index contributed by atoms with van der Waals surface area (Å²) in [5, 5.41) is 10.9. The van der Waals surface area contributed by atoms with Crippen LogP contribution in [0.1, 0.15) is 26.2 Å². The molecule has 0 aliphatic rings. The van der Waals surface area contributed by atoms with Gasteiger partial charge in [-0.15, -0.1) is 0 Å². The van der Waals surface area contributed by atoms with Crippen LogP contribution < -0.4 is 16.8 Å². The molecule has 16 heavy (non-hydrogen) atoms. The van der Waals surface area contributed by atoms with Crippen LogP contribution in [0.5, 0.6) is 0 Å². The first-order valence-corrected chi connectivity index (χ1v) is 4.95. The van der Waals surface area contributed by atoms with E-state index in [0.717, 1.165) is 0 Å². The molecule has 0 aliphatic carbocycles. The number of nitrogens with one attached hydrogen (secondary N) is 1. The van der Waals surface area contributed by atoms with Crippen molar-refractivity contribution in [1.29, 1.82) is 0 Å². The number of primary amides is 1. The Balaban J connectivity index is 4.34. The molecule has 7 nitrogen and oxygen atoms in total. The molecular weight excluding hydrogens is 214 g/mol. The van der Waals surface area contributed by atoms with Gasteiger partial charge < -0.3 is 21.9 Å². The van der Waals surface area contributed by atoms with E-state index in [4.69, 9.17) is 16.6 Å². The Hall–Kier alpha value is -1.63. The zero-order valence-electron chi connectivity index (χ0n) is 9.10. The van der Waals surface area contributed by atoms with E-state index in [1.165, 1.54) is 0 Å². The summed E-state index contributed by atoms with van der Waals surface area (Å²) in [5.41, 5.74) is 10.3. The largest absolute Gasteiger partial charge is 0.480 e. The van der Waals surface area contributed by atoms with Crippen molar-refractivity contribution in [2.75, 3.05) is 0 Å². The summed E-state index contributed by atoms with van der Waals surface area (Å²) in [4.78, 5) is 32.6. The normalized spacial score (nSPS) is 13.9. The van der Waals surface area contributed by atoms with Crippen LogP contribution in [0, 0.1) is 0 Å². The number of hydrogen-bond donors (Lipinski definition) is 4. The van der Waals surface area contributed by atoms with E-state index in [9.17, 15) is 14.4 Å². The van der Waals surface area contributed by atoms with Gasteiger partial charge in [-0.05, 0) is 6.42 Å². The molecule has 0 heterocycles. The number of amides is 2. The van der Waals surface area contributed by atoms with Crippen molar-refractivity contribution in [2.24, 2.45) is 11.5 Å². The minimum absolute atomic E-state index is 0.445. The topological polar surface area (TPSA) is 136 Å². The molecule has 2 amide bonds. The minimum atomic E-state index is -1.31. The zero-order valence-corrected chi connectivity index (χ0v) is 9.10. The van der Waals surface area contributed by atoms with Crippen molar-refractivity contribution in [2.45, 2.75) is 38.3 Å². The van der Waals surface area contributed by atoms with E-state index in [1.807, 2.05) is 6.92 Å². The maximum atomic E-state index is 11.4. The summed E-state index contributed by atoms with van der Waals surface area (Å²) in [5.74, 6) is -2.69. The number of hydrogen-bond acceptors (Lipinski definition) is 4. The SMILES string of the molecule is CCC[C@H](N)C(=O)NC(CC(N)=O)C(=O)O. The van der Waals surface area contributed by atoms with E-state index in [0.29, 0.717) is 12.8 Å². The van der Waals surface area contributed by atoms with Gasteiger partial charge in [0.1, 0.15) is 6.04 Å². The molecule has 0 aromatic carbocycles. The standard InChI is InChI=1S/C9H17N3O4/c1-2-3-5(10)8(14)12-6(9(15)16)4-7(11)13/h5-6H,2-4,10H2,1H3,(H2,11,13)(H,12,14)(H,15,16)/t5-,6?/m0/s1. The second-order valence-corrected chi connectivity index (χ2v) is 3.47. The molecule has 0 fully saturated rings. The summed E-state index contributed by atoms with van der Waals surface area (Å²) in [7, 11) is 0. The third-order valence-corrected chi connectivity index (χ3v) is 1.96. The zero-order chi connectivity index (χ0) is 12.7. The van der Waals surface area contributed by atoms with Crippen molar-refractivity contribution >= 4 is 17.8 Å². The molecule has 0 spiro atoms. The van der Waals surface area contributed by atoms with Crippen LogP contribution in [0.25, 0.3) is 0 Å². The summed E-state index contributed by atoms with van der Waals surface area (Å²) >= 11 is 0. The molecule has 0 radical (unpaired) electrons. The monoisotopic (exact) mass is 231 g/mol. The van der Waals surface area contributed by atoms with Gasteiger partial charge in [-0.2, -0.15) is 0 Å². The minimum Gasteiger partial charge on any atom is -0.480 e. The first kappa shape index (κ1) is 14.4.